The van der Waals surface area contributed by atoms with Gasteiger partial charge in [0.1, 0.15) is 11.4 Å². The number of rotatable bonds is 4. The maximum Gasteiger partial charge on any atom is 0.421 e. The molecule has 9 nitrogen and oxygen atoms in total. The Morgan fingerprint density at radius 3 is 2.66 bits per heavy atom. The Bertz CT molecular complexity index is 1060. The second-order valence-electron chi connectivity index (χ2n) is 9.73. The van der Waals surface area contributed by atoms with E-state index in [9.17, 15) is 9.59 Å². The predicted octanol–water partition coefficient (Wildman–Crippen LogP) is 3.90. The zero-order valence-electron chi connectivity index (χ0n) is 20.4. The number of nitrogens with zero attached hydrogens (tertiary/aromatic N) is 4. The molecule has 10 heteroatoms. The van der Waals surface area contributed by atoms with E-state index < -0.39 is 11.7 Å². The van der Waals surface area contributed by atoms with Crippen molar-refractivity contribution in [2.75, 3.05) is 49.2 Å². The van der Waals surface area contributed by atoms with E-state index in [0.29, 0.717) is 55.6 Å². The van der Waals surface area contributed by atoms with Gasteiger partial charge in [-0.1, -0.05) is 12.1 Å². The second-order valence-corrected chi connectivity index (χ2v) is 10.1. The minimum atomic E-state index is -0.745. The molecule has 188 valence electrons. The van der Waals surface area contributed by atoms with Gasteiger partial charge in [0.05, 0.1) is 30.5 Å². The van der Waals surface area contributed by atoms with Crippen molar-refractivity contribution in [1.82, 2.24) is 15.3 Å². The van der Waals surface area contributed by atoms with Crippen LogP contribution in [-0.2, 0) is 14.3 Å². The minimum Gasteiger partial charge on any atom is -0.443 e. The van der Waals surface area contributed by atoms with E-state index in [-0.39, 0.29) is 17.1 Å². The Morgan fingerprint density at radius 2 is 1.97 bits per heavy atom. The third-order valence-electron chi connectivity index (χ3n) is 5.86. The van der Waals surface area contributed by atoms with Crippen LogP contribution in [0, 0.1) is 5.92 Å². The lowest BCUT2D eigenvalue weighted by atomic mass is 9.97. The molecule has 2 saturated heterocycles. The van der Waals surface area contributed by atoms with Crippen molar-refractivity contribution >= 4 is 35.1 Å². The zero-order chi connectivity index (χ0) is 25.0. The standard InChI is InChI=1S/C25H32ClN5O4/c1-25(2,3)35-24(33)31(22(32)18-7-5-9-27-16-18)19-8-4-6-17(14-19)20-15-21(29-23(26)28-20)30-10-12-34-13-11-30/h4,6,8,14-15,18,27H,5,7,9-13,16H2,1-3H3. The summed E-state index contributed by atoms with van der Waals surface area (Å²) in [7, 11) is 0. The third-order valence-corrected chi connectivity index (χ3v) is 6.03. The zero-order valence-corrected chi connectivity index (χ0v) is 21.2. The maximum atomic E-state index is 13.5. The number of piperidine rings is 1. The highest BCUT2D eigenvalue weighted by Gasteiger charge is 2.34. The number of carbonyl (C=O) groups is 2. The monoisotopic (exact) mass is 501 g/mol. The van der Waals surface area contributed by atoms with Crippen LogP contribution >= 0.6 is 11.6 Å². The molecule has 0 spiro atoms. The fourth-order valence-corrected chi connectivity index (χ4v) is 4.37. The van der Waals surface area contributed by atoms with E-state index in [0.717, 1.165) is 24.3 Å². The first-order chi connectivity index (χ1) is 16.7. The van der Waals surface area contributed by atoms with Crippen molar-refractivity contribution in [1.29, 1.82) is 0 Å². The predicted molar refractivity (Wildman–Crippen MR) is 135 cm³/mol. The van der Waals surface area contributed by atoms with Gasteiger partial charge in [-0.25, -0.2) is 19.7 Å². The molecule has 1 N–H and O–H groups in total. The summed E-state index contributed by atoms with van der Waals surface area (Å²) in [5, 5.41) is 3.37. The molecule has 4 rings (SSSR count). The molecule has 1 aromatic carbocycles. The Labute approximate surface area is 210 Å². The molecule has 2 amide bonds. The normalized spacial score (nSPS) is 18.7. The topological polar surface area (TPSA) is 96.9 Å². The van der Waals surface area contributed by atoms with Gasteiger partial charge in [0, 0.05) is 31.3 Å². The van der Waals surface area contributed by atoms with E-state index >= 15 is 0 Å². The first kappa shape index (κ1) is 25.3. The Balaban J connectivity index is 1.68. The van der Waals surface area contributed by atoms with Crippen LogP contribution in [0.4, 0.5) is 16.3 Å². The summed E-state index contributed by atoms with van der Waals surface area (Å²) < 4.78 is 11.0. The van der Waals surface area contributed by atoms with Crippen LogP contribution in [0.5, 0.6) is 0 Å². The number of anilines is 2. The van der Waals surface area contributed by atoms with E-state index in [1.807, 2.05) is 12.1 Å². The lowest BCUT2D eigenvalue weighted by molar-refractivity contribution is -0.122. The lowest BCUT2D eigenvalue weighted by Gasteiger charge is -2.30. The molecule has 1 unspecified atom stereocenters. The highest BCUT2D eigenvalue weighted by atomic mass is 35.5. The molecule has 0 bridgehead atoms. The van der Waals surface area contributed by atoms with Gasteiger partial charge in [0.25, 0.3) is 0 Å². The fourth-order valence-electron chi connectivity index (χ4n) is 4.19. The number of benzene rings is 1. The number of hydrogen-bond donors (Lipinski definition) is 1. The molecule has 35 heavy (non-hydrogen) atoms. The molecule has 2 aliphatic heterocycles. The molecule has 0 saturated carbocycles. The Morgan fingerprint density at radius 1 is 1.20 bits per heavy atom. The van der Waals surface area contributed by atoms with Crippen LogP contribution in [0.3, 0.4) is 0 Å². The molecular weight excluding hydrogens is 470 g/mol. The number of aromatic nitrogens is 2. The van der Waals surface area contributed by atoms with E-state index in [1.54, 1.807) is 39.0 Å². The summed E-state index contributed by atoms with van der Waals surface area (Å²) >= 11 is 6.27. The van der Waals surface area contributed by atoms with Gasteiger partial charge in [0.2, 0.25) is 11.2 Å². The molecule has 2 aromatic rings. The SMILES string of the molecule is CC(C)(C)OC(=O)N(C(=O)C1CCCNC1)c1cccc(-c2cc(N3CCOCC3)nc(Cl)n2)c1. The van der Waals surface area contributed by atoms with Crippen molar-refractivity contribution in [3.8, 4) is 11.3 Å². The maximum absolute atomic E-state index is 13.5. The summed E-state index contributed by atoms with van der Waals surface area (Å²) in [5.41, 5.74) is 0.995. The van der Waals surface area contributed by atoms with Crippen LogP contribution in [0.1, 0.15) is 33.6 Å². The summed E-state index contributed by atoms with van der Waals surface area (Å²) in [5.74, 6) is 0.127. The molecule has 3 heterocycles. The number of ether oxygens (including phenoxy) is 2. The average Bonchev–Trinajstić information content (AvgIpc) is 2.84. The fraction of sp³-hybridized carbons (Fsp3) is 0.520. The number of carbonyl (C=O) groups excluding carboxylic acids is 2. The summed E-state index contributed by atoms with van der Waals surface area (Å²) in [4.78, 5) is 38.7. The van der Waals surface area contributed by atoms with Crippen molar-refractivity contribution < 1.29 is 19.1 Å². The average molecular weight is 502 g/mol. The number of imide groups is 1. The molecule has 0 aliphatic carbocycles. The van der Waals surface area contributed by atoms with Crippen molar-refractivity contribution in [2.24, 2.45) is 5.92 Å². The van der Waals surface area contributed by atoms with Crippen molar-refractivity contribution in [3.05, 3.63) is 35.6 Å². The molecular formula is C25H32ClN5O4. The van der Waals surface area contributed by atoms with E-state index in [1.165, 1.54) is 0 Å². The number of nitrogens with one attached hydrogen (secondary N) is 1. The number of hydrogen-bond acceptors (Lipinski definition) is 8. The van der Waals surface area contributed by atoms with Gasteiger partial charge in [-0.15, -0.1) is 0 Å². The van der Waals surface area contributed by atoms with Crippen LogP contribution < -0.4 is 15.1 Å². The van der Waals surface area contributed by atoms with Gasteiger partial charge in [-0.2, -0.15) is 0 Å². The Hall–Kier alpha value is -2.75. The van der Waals surface area contributed by atoms with Gasteiger partial charge in [0.15, 0.2) is 0 Å². The largest absolute Gasteiger partial charge is 0.443 e. The molecule has 1 atom stereocenters. The van der Waals surface area contributed by atoms with Gasteiger partial charge in [-0.05, 0) is 63.9 Å². The minimum absolute atomic E-state index is 0.128. The molecule has 2 aliphatic rings. The quantitative estimate of drug-likeness (QED) is 0.630. The first-order valence-corrected chi connectivity index (χ1v) is 12.3. The van der Waals surface area contributed by atoms with Crippen LogP contribution in [-0.4, -0.2) is 67.0 Å². The lowest BCUT2D eigenvalue weighted by Crippen LogP contribution is -2.47. The third kappa shape index (κ3) is 6.48. The Kier molecular flexibility index (Phi) is 7.88. The first-order valence-electron chi connectivity index (χ1n) is 12.0. The van der Waals surface area contributed by atoms with Crippen molar-refractivity contribution in [3.63, 3.8) is 0 Å². The summed E-state index contributed by atoms with van der Waals surface area (Å²) in [6.45, 7) is 9.40. The molecule has 1 aromatic heterocycles. The van der Waals surface area contributed by atoms with Gasteiger partial charge >= 0.3 is 6.09 Å². The van der Waals surface area contributed by atoms with Crippen LogP contribution in [0.15, 0.2) is 30.3 Å². The van der Waals surface area contributed by atoms with E-state index in [4.69, 9.17) is 21.1 Å². The van der Waals surface area contributed by atoms with Crippen LogP contribution in [0.2, 0.25) is 5.28 Å². The smallest absolute Gasteiger partial charge is 0.421 e. The number of amides is 2. The number of halogens is 1. The highest BCUT2D eigenvalue weighted by molar-refractivity contribution is 6.28. The van der Waals surface area contributed by atoms with Crippen molar-refractivity contribution in [2.45, 2.75) is 39.2 Å². The van der Waals surface area contributed by atoms with Gasteiger partial charge in [-0.3, -0.25) is 4.79 Å². The van der Waals surface area contributed by atoms with Crippen LogP contribution in [0.25, 0.3) is 11.3 Å². The number of morpholine rings is 1. The summed E-state index contributed by atoms with van der Waals surface area (Å²) in [6.07, 6.45) is 0.900. The van der Waals surface area contributed by atoms with E-state index in [2.05, 4.69) is 20.2 Å². The van der Waals surface area contributed by atoms with Gasteiger partial charge < -0.3 is 19.7 Å². The molecule has 2 fully saturated rings. The molecule has 0 radical (unpaired) electrons. The summed E-state index contributed by atoms with van der Waals surface area (Å²) in [6, 6.07) is 9.01. The highest BCUT2D eigenvalue weighted by Crippen LogP contribution is 2.30. The second kappa shape index (κ2) is 10.9.